The minimum Gasteiger partial charge on any atom is -0.387 e. The molecule has 0 atom stereocenters. The van der Waals surface area contributed by atoms with Gasteiger partial charge < -0.3 is 16.8 Å². The molecule has 1 aromatic carbocycles. The fourth-order valence-corrected chi connectivity index (χ4v) is 2.06. The smallest absolute Gasteiger partial charge is 0.248 e. The number of nitrogens with two attached hydrogens (primary N) is 2. The molecule has 0 saturated carbocycles. The van der Waals surface area contributed by atoms with Gasteiger partial charge in [0.25, 0.3) is 0 Å². The molecule has 0 aliphatic carbocycles. The molecule has 1 heterocycles. The van der Waals surface area contributed by atoms with Gasteiger partial charge in [0.1, 0.15) is 5.84 Å². The lowest BCUT2D eigenvalue weighted by Gasteiger charge is -2.05. The van der Waals surface area contributed by atoms with Crippen molar-refractivity contribution < 1.29 is 4.79 Å². The summed E-state index contributed by atoms with van der Waals surface area (Å²) < 4.78 is 0.918. The van der Waals surface area contributed by atoms with Crippen LogP contribution in [0.4, 0.5) is 5.69 Å². The Kier molecular flexibility index (Phi) is 3.78. The highest BCUT2D eigenvalue weighted by atomic mass is 79.9. The lowest BCUT2D eigenvalue weighted by molar-refractivity contribution is -0.117. The van der Waals surface area contributed by atoms with Crippen LogP contribution in [0, 0.1) is 0 Å². The van der Waals surface area contributed by atoms with E-state index in [0.29, 0.717) is 17.8 Å². The Morgan fingerprint density at radius 2 is 2.28 bits per heavy atom. The van der Waals surface area contributed by atoms with Crippen LogP contribution in [-0.4, -0.2) is 18.4 Å². The summed E-state index contributed by atoms with van der Waals surface area (Å²) in [7, 11) is 0. The Labute approximate surface area is 113 Å². The number of benzene rings is 1. The number of rotatable bonds is 2. The average Bonchev–Trinajstić information content (AvgIpc) is 2.47. The van der Waals surface area contributed by atoms with Crippen molar-refractivity contribution in [1.82, 2.24) is 5.32 Å². The van der Waals surface area contributed by atoms with E-state index in [1.165, 1.54) is 0 Å². The Bertz CT molecular complexity index is 551. The first-order chi connectivity index (χ1) is 8.60. The summed E-state index contributed by atoms with van der Waals surface area (Å²) in [6.45, 7) is 0.0976. The summed E-state index contributed by atoms with van der Waals surface area (Å²) >= 11 is 3.38. The maximum atomic E-state index is 11.8. The van der Waals surface area contributed by atoms with E-state index in [4.69, 9.17) is 11.5 Å². The number of nitrogens with one attached hydrogen (secondary N) is 1. The molecule has 0 fully saturated rings. The van der Waals surface area contributed by atoms with Gasteiger partial charge in [0.05, 0.1) is 12.4 Å². The third kappa shape index (κ3) is 2.77. The molecule has 0 radical (unpaired) electrons. The predicted molar refractivity (Wildman–Crippen MR) is 75.2 cm³/mol. The van der Waals surface area contributed by atoms with Crippen molar-refractivity contribution in [3.05, 3.63) is 33.8 Å². The van der Waals surface area contributed by atoms with Crippen LogP contribution in [0.25, 0.3) is 6.08 Å². The van der Waals surface area contributed by atoms with Crippen LogP contribution in [0.15, 0.2) is 33.2 Å². The second-order valence-electron chi connectivity index (χ2n) is 3.86. The van der Waals surface area contributed by atoms with Gasteiger partial charge in [-0.1, -0.05) is 22.0 Å². The van der Waals surface area contributed by atoms with Crippen LogP contribution < -0.4 is 16.8 Å². The molecule has 0 spiro atoms. The standard InChI is InChI=1S/C12H13BrN4O/c13-9-2-1-7-3-8(12(18)16-6-14)4-11(15)17-10(7)5-9/h1-3,5H,4,6,14H2,(H2,15,17)(H,16,18). The normalized spacial score (nSPS) is 14.1. The number of aliphatic imine (C=N–C) groups is 1. The van der Waals surface area contributed by atoms with Crippen LogP contribution in [0.2, 0.25) is 0 Å². The van der Waals surface area contributed by atoms with Crippen LogP contribution >= 0.6 is 15.9 Å². The highest BCUT2D eigenvalue weighted by Crippen LogP contribution is 2.29. The third-order valence-corrected chi connectivity index (χ3v) is 3.01. The zero-order chi connectivity index (χ0) is 13.1. The number of hydrogen-bond acceptors (Lipinski definition) is 4. The fraction of sp³-hybridized carbons (Fsp3) is 0.167. The molecule has 5 nitrogen and oxygen atoms in total. The van der Waals surface area contributed by atoms with Gasteiger partial charge in [-0.15, -0.1) is 0 Å². The first kappa shape index (κ1) is 12.8. The quantitative estimate of drug-likeness (QED) is 0.718. The molecule has 94 valence electrons. The highest BCUT2D eigenvalue weighted by Gasteiger charge is 2.15. The van der Waals surface area contributed by atoms with E-state index < -0.39 is 0 Å². The number of carbonyl (C=O) groups excluding carboxylic acids is 1. The van der Waals surface area contributed by atoms with Crippen LogP contribution in [0.1, 0.15) is 12.0 Å². The summed E-state index contributed by atoms with van der Waals surface area (Å²) in [6, 6.07) is 5.64. The van der Waals surface area contributed by atoms with Crippen molar-refractivity contribution in [2.24, 2.45) is 16.5 Å². The number of amides is 1. The fourth-order valence-electron chi connectivity index (χ4n) is 1.72. The molecule has 1 aliphatic heterocycles. The molecule has 6 heteroatoms. The van der Waals surface area contributed by atoms with Crippen molar-refractivity contribution in [3.63, 3.8) is 0 Å². The Hall–Kier alpha value is -1.66. The molecule has 2 rings (SSSR count). The topological polar surface area (TPSA) is 93.5 Å². The number of fused-ring (bicyclic) bond motifs is 1. The Morgan fingerprint density at radius 1 is 1.50 bits per heavy atom. The number of carbonyl (C=O) groups is 1. The molecule has 1 aliphatic rings. The van der Waals surface area contributed by atoms with E-state index in [1.54, 1.807) is 6.08 Å². The number of hydrogen-bond donors (Lipinski definition) is 3. The molecular formula is C12H13BrN4O. The number of amidine groups is 1. The van der Waals surface area contributed by atoms with Crippen LogP contribution in [0.3, 0.4) is 0 Å². The number of halogens is 1. The zero-order valence-corrected chi connectivity index (χ0v) is 11.2. The molecule has 5 N–H and O–H groups in total. The second kappa shape index (κ2) is 5.32. The van der Waals surface area contributed by atoms with Crippen LogP contribution in [-0.2, 0) is 4.79 Å². The van der Waals surface area contributed by atoms with Gasteiger partial charge in [0.2, 0.25) is 5.91 Å². The second-order valence-corrected chi connectivity index (χ2v) is 4.78. The monoisotopic (exact) mass is 308 g/mol. The molecule has 0 aromatic heterocycles. The SMILES string of the molecule is NCNC(=O)C1=Cc2ccc(Br)cc2N=C(N)C1. The van der Waals surface area contributed by atoms with Gasteiger partial charge in [-0.2, -0.15) is 0 Å². The van der Waals surface area contributed by atoms with Crippen molar-refractivity contribution in [1.29, 1.82) is 0 Å². The minimum atomic E-state index is -0.216. The van der Waals surface area contributed by atoms with E-state index in [-0.39, 0.29) is 12.6 Å². The van der Waals surface area contributed by atoms with Gasteiger partial charge in [0.15, 0.2) is 0 Å². The summed E-state index contributed by atoms with van der Waals surface area (Å²) in [6.07, 6.45) is 2.11. The lowest BCUT2D eigenvalue weighted by Crippen LogP contribution is -2.31. The maximum Gasteiger partial charge on any atom is 0.248 e. The maximum absolute atomic E-state index is 11.8. The zero-order valence-electron chi connectivity index (χ0n) is 9.61. The van der Waals surface area contributed by atoms with E-state index in [2.05, 4.69) is 26.2 Å². The molecule has 1 amide bonds. The highest BCUT2D eigenvalue weighted by molar-refractivity contribution is 9.10. The summed E-state index contributed by atoms with van der Waals surface area (Å²) in [4.78, 5) is 16.1. The van der Waals surface area contributed by atoms with Crippen LogP contribution in [0.5, 0.6) is 0 Å². The largest absolute Gasteiger partial charge is 0.387 e. The van der Waals surface area contributed by atoms with Gasteiger partial charge in [-0.25, -0.2) is 4.99 Å². The van der Waals surface area contributed by atoms with Gasteiger partial charge in [0, 0.05) is 22.0 Å². The van der Waals surface area contributed by atoms with Crippen molar-refractivity contribution in [2.75, 3.05) is 6.67 Å². The first-order valence-corrected chi connectivity index (χ1v) is 6.21. The third-order valence-electron chi connectivity index (χ3n) is 2.51. The predicted octanol–water partition coefficient (Wildman–Crippen LogP) is 1.26. The summed E-state index contributed by atoms with van der Waals surface area (Å²) in [5.41, 5.74) is 13.3. The molecular weight excluding hydrogens is 296 g/mol. The van der Waals surface area contributed by atoms with Crippen molar-refractivity contribution in [3.8, 4) is 0 Å². The van der Waals surface area contributed by atoms with E-state index >= 15 is 0 Å². The molecule has 18 heavy (non-hydrogen) atoms. The molecule has 0 saturated heterocycles. The molecule has 1 aromatic rings. The average molecular weight is 309 g/mol. The Balaban J connectivity index is 2.45. The van der Waals surface area contributed by atoms with E-state index in [1.807, 2.05) is 18.2 Å². The van der Waals surface area contributed by atoms with E-state index in [9.17, 15) is 4.79 Å². The first-order valence-electron chi connectivity index (χ1n) is 5.41. The summed E-state index contributed by atoms with van der Waals surface area (Å²) in [5, 5.41) is 2.56. The molecule has 0 bridgehead atoms. The van der Waals surface area contributed by atoms with Gasteiger partial charge in [-0.05, 0) is 18.2 Å². The van der Waals surface area contributed by atoms with E-state index in [0.717, 1.165) is 15.7 Å². The lowest BCUT2D eigenvalue weighted by atomic mass is 10.1. The number of nitrogens with zero attached hydrogens (tertiary/aromatic N) is 1. The van der Waals surface area contributed by atoms with Gasteiger partial charge in [-0.3, -0.25) is 4.79 Å². The Morgan fingerprint density at radius 3 is 3.00 bits per heavy atom. The van der Waals surface area contributed by atoms with Crippen molar-refractivity contribution in [2.45, 2.75) is 6.42 Å². The minimum absolute atomic E-state index is 0.0976. The van der Waals surface area contributed by atoms with Gasteiger partial charge >= 0.3 is 0 Å². The van der Waals surface area contributed by atoms with Crippen molar-refractivity contribution >= 4 is 39.4 Å². The summed E-state index contributed by atoms with van der Waals surface area (Å²) in [5.74, 6) is 0.191. The molecule has 0 unspecified atom stereocenters.